The molecule has 1 aromatic carbocycles. The highest BCUT2D eigenvalue weighted by molar-refractivity contribution is 8.06. The maximum atomic E-state index is 11.5. The van der Waals surface area contributed by atoms with Crippen LogP contribution in [-0.4, -0.2) is 22.6 Å². The van der Waals surface area contributed by atoms with E-state index < -0.39 is 15.9 Å². The van der Waals surface area contributed by atoms with E-state index in [-0.39, 0.29) is 22.7 Å². The first-order valence-electron chi connectivity index (χ1n) is 3.59. The summed E-state index contributed by atoms with van der Waals surface area (Å²) in [4.78, 5) is 11.3. The van der Waals surface area contributed by atoms with Gasteiger partial charge in [-0.2, -0.15) is 8.42 Å². The van der Waals surface area contributed by atoms with Gasteiger partial charge in [-0.15, -0.1) is 3.71 Å². The fraction of sp³-hybridized carbons (Fsp3) is 0. The Labute approximate surface area is 84.7 Å². The first kappa shape index (κ1) is 9.50. The lowest BCUT2D eigenvalue weighted by atomic mass is 10.2. The standard InChI is InChI=1S/C7H5NO4S2/c9-7-5-3-1-2-4-6(5)14(11,12)8(7)13-10/h1-4,10H. The number of carbonyl (C=O) groups is 1. The number of hydrogen-bond donors (Lipinski definition) is 1. The second-order valence-electron chi connectivity index (χ2n) is 2.62. The van der Waals surface area contributed by atoms with Crippen LogP contribution in [0.25, 0.3) is 0 Å². The maximum Gasteiger partial charge on any atom is 0.281 e. The summed E-state index contributed by atoms with van der Waals surface area (Å²) >= 11 is -0.100. The molecule has 0 spiro atoms. The van der Waals surface area contributed by atoms with Crippen molar-refractivity contribution in [2.45, 2.75) is 4.90 Å². The van der Waals surface area contributed by atoms with Crippen molar-refractivity contribution in [2.75, 3.05) is 0 Å². The normalized spacial score (nSPS) is 18.4. The van der Waals surface area contributed by atoms with Crippen LogP contribution in [0.15, 0.2) is 29.2 Å². The highest BCUT2D eigenvalue weighted by atomic mass is 32.3. The first-order chi connectivity index (χ1) is 6.59. The number of fused-ring (bicyclic) bond motifs is 1. The second-order valence-corrected chi connectivity index (χ2v) is 5.13. The predicted octanol–water partition coefficient (Wildman–Crippen LogP) is 0.952. The molecule has 0 unspecified atom stereocenters. The Kier molecular flexibility index (Phi) is 2.02. The molecule has 0 radical (unpaired) electrons. The van der Waals surface area contributed by atoms with Gasteiger partial charge in [-0.25, -0.2) is 0 Å². The zero-order valence-corrected chi connectivity index (χ0v) is 8.38. The van der Waals surface area contributed by atoms with Gasteiger partial charge < -0.3 is 4.55 Å². The lowest BCUT2D eigenvalue weighted by Gasteiger charge is -2.06. The smallest absolute Gasteiger partial charge is 0.281 e. The molecule has 0 fully saturated rings. The molecule has 0 saturated carbocycles. The Hall–Kier alpha value is -1.05. The van der Waals surface area contributed by atoms with Crippen molar-refractivity contribution in [3.8, 4) is 0 Å². The van der Waals surface area contributed by atoms with Crippen molar-refractivity contribution >= 4 is 28.2 Å². The van der Waals surface area contributed by atoms with Crippen LogP contribution in [0.2, 0.25) is 0 Å². The van der Waals surface area contributed by atoms with E-state index in [0.717, 1.165) is 0 Å². The van der Waals surface area contributed by atoms with Gasteiger partial charge in [0.25, 0.3) is 15.9 Å². The van der Waals surface area contributed by atoms with Crippen LogP contribution in [0.4, 0.5) is 0 Å². The van der Waals surface area contributed by atoms with Gasteiger partial charge in [-0.3, -0.25) is 4.79 Å². The molecule has 74 valence electrons. The number of hydrogen-bond acceptors (Lipinski definition) is 5. The summed E-state index contributed by atoms with van der Waals surface area (Å²) in [5, 5.41) is 0. The molecule has 0 saturated heterocycles. The zero-order chi connectivity index (χ0) is 10.3. The lowest BCUT2D eigenvalue weighted by Crippen LogP contribution is -2.22. The SMILES string of the molecule is O=C1c2ccccc2S(=O)(=O)N1SO. The fourth-order valence-electron chi connectivity index (χ4n) is 1.25. The third kappa shape index (κ3) is 1.06. The molecule has 2 rings (SSSR count). The summed E-state index contributed by atoms with van der Waals surface area (Å²) in [5.74, 6) is -0.715. The number of nitrogens with zero attached hydrogens (tertiary/aromatic N) is 1. The Morgan fingerprint density at radius 3 is 2.50 bits per heavy atom. The highest BCUT2D eigenvalue weighted by Gasteiger charge is 2.41. The van der Waals surface area contributed by atoms with E-state index in [1.54, 1.807) is 6.07 Å². The Balaban J connectivity index is 2.74. The minimum atomic E-state index is -3.85. The van der Waals surface area contributed by atoms with Crippen LogP contribution >= 0.6 is 12.2 Å². The van der Waals surface area contributed by atoms with Crippen LogP contribution < -0.4 is 0 Å². The fourth-order valence-corrected chi connectivity index (χ4v) is 3.19. The summed E-state index contributed by atoms with van der Waals surface area (Å²) in [5.41, 5.74) is 0.0917. The Bertz CT molecular complexity index is 496. The number of rotatable bonds is 1. The van der Waals surface area contributed by atoms with Gasteiger partial charge in [0.15, 0.2) is 0 Å². The largest absolute Gasteiger partial charge is 0.311 e. The molecular weight excluding hydrogens is 226 g/mol. The average molecular weight is 231 g/mol. The van der Waals surface area contributed by atoms with E-state index in [1.807, 2.05) is 0 Å². The summed E-state index contributed by atoms with van der Waals surface area (Å²) in [7, 11) is -3.85. The summed E-state index contributed by atoms with van der Waals surface area (Å²) < 4.78 is 32.1. The number of benzene rings is 1. The summed E-state index contributed by atoms with van der Waals surface area (Å²) in [6, 6.07) is 5.83. The predicted molar refractivity (Wildman–Crippen MR) is 50.0 cm³/mol. The third-order valence-electron chi connectivity index (χ3n) is 1.85. The van der Waals surface area contributed by atoms with Crippen molar-refractivity contribution in [1.82, 2.24) is 3.71 Å². The summed E-state index contributed by atoms with van der Waals surface area (Å²) in [6.07, 6.45) is 0. The highest BCUT2D eigenvalue weighted by Crippen LogP contribution is 2.33. The van der Waals surface area contributed by atoms with E-state index in [9.17, 15) is 13.2 Å². The minimum Gasteiger partial charge on any atom is -0.311 e. The van der Waals surface area contributed by atoms with Gasteiger partial charge in [-0.1, -0.05) is 12.1 Å². The summed E-state index contributed by atoms with van der Waals surface area (Å²) in [6.45, 7) is 0. The molecule has 14 heavy (non-hydrogen) atoms. The molecule has 1 heterocycles. The first-order valence-corrected chi connectivity index (χ1v) is 5.76. The van der Waals surface area contributed by atoms with Crippen molar-refractivity contribution < 1.29 is 17.8 Å². The molecule has 0 bridgehead atoms. The van der Waals surface area contributed by atoms with Crippen LogP contribution in [0.3, 0.4) is 0 Å². The van der Waals surface area contributed by atoms with Crippen molar-refractivity contribution in [3.05, 3.63) is 29.8 Å². The van der Waals surface area contributed by atoms with Crippen LogP contribution in [0.1, 0.15) is 10.4 Å². The third-order valence-corrected chi connectivity index (χ3v) is 4.47. The second kappa shape index (κ2) is 2.97. The van der Waals surface area contributed by atoms with Crippen molar-refractivity contribution in [3.63, 3.8) is 0 Å². The van der Waals surface area contributed by atoms with Crippen LogP contribution in [0, 0.1) is 0 Å². The molecule has 0 atom stereocenters. The monoisotopic (exact) mass is 231 g/mol. The molecule has 0 aliphatic carbocycles. The van der Waals surface area contributed by atoms with Gasteiger partial charge in [-0.05, 0) is 12.1 Å². The van der Waals surface area contributed by atoms with Gasteiger partial charge in [0, 0.05) is 0 Å². The molecule has 7 heteroatoms. The number of carbonyl (C=O) groups excluding carboxylic acids is 1. The average Bonchev–Trinajstić information content (AvgIpc) is 2.36. The van der Waals surface area contributed by atoms with Crippen LogP contribution in [0.5, 0.6) is 0 Å². The molecule has 1 aromatic rings. The molecule has 1 aliphatic heterocycles. The molecule has 1 aliphatic rings. The topological polar surface area (TPSA) is 74.7 Å². The molecular formula is C7H5NO4S2. The van der Waals surface area contributed by atoms with Crippen molar-refractivity contribution in [1.29, 1.82) is 0 Å². The quantitative estimate of drug-likeness (QED) is 0.575. The van der Waals surface area contributed by atoms with Crippen molar-refractivity contribution in [2.24, 2.45) is 0 Å². The van der Waals surface area contributed by atoms with E-state index in [0.29, 0.717) is 3.71 Å². The molecule has 1 N–H and O–H groups in total. The Morgan fingerprint density at radius 1 is 1.29 bits per heavy atom. The van der Waals surface area contributed by atoms with Gasteiger partial charge >= 0.3 is 0 Å². The molecule has 5 nitrogen and oxygen atoms in total. The maximum absolute atomic E-state index is 11.5. The molecule has 1 amide bonds. The number of amides is 1. The van der Waals surface area contributed by atoms with Gasteiger partial charge in [0.05, 0.1) is 5.56 Å². The van der Waals surface area contributed by atoms with E-state index in [2.05, 4.69) is 0 Å². The Morgan fingerprint density at radius 2 is 1.93 bits per heavy atom. The molecule has 0 aromatic heterocycles. The van der Waals surface area contributed by atoms with Gasteiger partial charge in [0.2, 0.25) is 0 Å². The van der Waals surface area contributed by atoms with Crippen LogP contribution in [-0.2, 0) is 10.0 Å². The minimum absolute atomic E-state index is 0.0634. The lowest BCUT2D eigenvalue weighted by molar-refractivity contribution is 0.0931. The van der Waals surface area contributed by atoms with E-state index in [1.165, 1.54) is 18.2 Å². The van der Waals surface area contributed by atoms with E-state index in [4.69, 9.17) is 4.55 Å². The zero-order valence-electron chi connectivity index (χ0n) is 6.75. The van der Waals surface area contributed by atoms with E-state index >= 15 is 0 Å². The number of sulfonamides is 1. The van der Waals surface area contributed by atoms with Gasteiger partial charge in [0.1, 0.15) is 17.1 Å².